The highest BCUT2D eigenvalue weighted by Gasteiger charge is 2.28. The molecule has 0 unspecified atom stereocenters. The fraction of sp³-hybridized carbons (Fsp3) is 0.400. The van der Waals surface area contributed by atoms with Gasteiger partial charge in [0.2, 0.25) is 0 Å². The normalized spacial score (nSPS) is 19.2. The van der Waals surface area contributed by atoms with Crippen molar-refractivity contribution >= 4 is 11.8 Å². The SMILES string of the molecule is CC.O=C1NC(=O)C2=C1C=CCC2. The lowest BCUT2D eigenvalue weighted by molar-refractivity contribution is -0.124. The van der Waals surface area contributed by atoms with Gasteiger partial charge in [-0.15, -0.1) is 0 Å². The lowest BCUT2D eigenvalue weighted by atomic mass is 10.00. The Morgan fingerprint density at radius 2 is 1.92 bits per heavy atom. The Kier molecular flexibility index (Phi) is 3.01. The predicted octanol–water partition coefficient (Wildman–Crippen LogP) is 1.32. The van der Waals surface area contributed by atoms with E-state index in [0.29, 0.717) is 17.6 Å². The number of rotatable bonds is 0. The first kappa shape index (κ1) is 9.71. The molecule has 0 fully saturated rings. The number of hydrogen-bond donors (Lipinski definition) is 1. The molecule has 0 saturated heterocycles. The van der Waals surface area contributed by atoms with Crippen molar-refractivity contribution in [2.75, 3.05) is 0 Å². The summed E-state index contributed by atoms with van der Waals surface area (Å²) in [4.78, 5) is 22.0. The van der Waals surface area contributed by atoms with E-state index in [1.165, 1.54) is 0 Å². The number of carbonyl (C=O) groups excluding carboxylic acids is 2. The van der Waals surface area contributed by atoms with Crippen LogP contribution in [0.2, 0.25) is 0 Å². The number of carbonyl (C=O) groups is 2. The molecule has 1 aliphatic carbocycles. The first-order chi connectivity index (χ1) is 6.29. The quantitative estimate of drug-likeness (QED) is 0.570. The van der Waals surface area contributed by atoms with Crippen LogP contribution in [0.4, 0.5) is 0 Å². The van der Waals surface area contributed by atoms with Gasteiger partial charge in [0.15, 0.2) is 0 Å². The molecule has 0 aromatic heterocycles. The molecule has 3 nitrogen and oxygen atoms in total. The van der Waals surface area contributed by atoms with Gasteiger partial charge in [0.05, 0.1) is 0 Å². The minimum absolute atomic E-state index is 0.214. The monoisotopic (exact) mass is 179 g/mol. The molecule has 1 N–H and O–H groups in total. The minimum Gasteiger partial charge on any atom is -0.288 e. The van der Waals surface area contributed by atoms with Crippen LogP contribution < -0.4 is 5.32 Å². The second-order valence-corrected chi connectivity index (χ2v) is 2.62. The lowest BCUT2D eigenvalue weighted by Gasteiger charge is -2.01. The van der Waals surface area contributed by atoms with Gasteiger partial charge >= 0.3 is 0 Å². The van der Waals surface area contributed by atoms with E-state index < -0.39 is 0 Å². The molecule has 70 valence electrons. The summed E-state index contributed by atoms with van der Waals surface area (Å²) in [6.45, 7) is 4.00. The average molecular weight is 179 g/mol. The largest absolute Gasteiger partial charge is 0.288 e. The lowest BCUT2D eigenvalue weighted by Crippen LogP contribution is -2.22. The molecule has 0 aromatic rings. The van der Waals surface area contributed by atoms with Gasteiger partial charge in [-0.1, -0.05) is 26.0 Å². The number of nitrogens with one attached hydrogen (secondary N) is 1. The summed E-state index contributed by atoms with van der Waals surface area (Å²) in [5.74, 6) is -0.463. The van der Waals surface area contributed by atoms with E-state index in [4.69, 9.17) is 0 Å². The minimum atomic E-state index is -0.249. The van der Waals surface area contributed by atoms with Crippen LogP contribution in [0.3, 0.4) is 0 Å². The number of allylic oxidation sites excluding steroid dienone is 1. The van der Waals surface area contributed by atoms with E-state index in [-0.39, 0.29) is 11.8 Å². The van der Waals surface area contributed by atoms with Gasteiger partial charge in [-0.3, -0.25) is 14.9 Å². The zero-order valence-corrected chi connectivity index (χ0v) is 7.89. The van der Waals surface area contributed by atoms with Crippen LogP contribution in [0.1, 0.15) is 26.7 Å². The van der Waals surface area contributed by atoms with Gasteiger partial charge in [-0.2, -0.15) is 0 Å². The van der Waals surface area contributed by atoms with Crippen molar-refractivity contribution in [1.82, 2.24) is 5.32 Å². The van der Waals surface area contributed by atoms with Crippen molar-refractivity contribution < 1.29 is 9.59 Å². The Bertz CT molecular complexity index is 300. The summed E-state index contributed by atoms with van der Waals surface area (Å²) in [7, 11) is 0. The second kappa shape index (κ2) is 4.03. The van der Waals surface area contributed by atoms with Gasteiger partial charge in [0.25, 0.3) is 11.8 Å². The number of amides is 2. The molecule has 13 heavy (non-hydrogen) atoms. The molecule has 0 spiro atoms. The Morgan fingerprint density at radius 1 is 1.23 bits per heavy atom. The smallest absolute Gasteiger partial charge is 0.258 e. The summed E-state index contributed by atoms with van der Waals surface area (Å²) in [5.41, 5.74) is 1.21. The third-order valence-corrected chi connectivity index (χ3v) is 1.92. The standard InChI is InChI=1S/C8H7NO2.C2H6/c10-7-5-3-1-2-4-6(5)8(11)9-7;1-2/h1,3H,2,4H2,(H,9,10,11);1-2H3. The molecule has 0 bridgehead atoms. The Labute approximate surface area is 77.5 Å². The fourth-order valence-electron chi connectivity index (χ4n) is 1.36. The maximum atomic E-state index is 11.0. The first-order valence-electron chi connectivity index (χ1n) is 4.54. The number of imide groups is 1. The van der Waals surface area contributed by atoms with E-state index in [9.17, 15) is 9.59 Å². The molecule has 3 heteroatoms. The van der Waals surface area contributed by atoms with Crippen LogP contribution in [0.25, 0.3) is 0 Å². The van der Waals surface area contributed by atoms with Gasteiger partial charge in [-0.05, 0) is 12.8 Å². The van der Waals surface area contributed by atoms with Crippen molar-refractivity contribution in [2.24, 2.45) is 0 Å². The van der Waals surface area contributed by atoms with Gasteiger partial charge in [0.1, 0.15) is 0 Å². The van der Waals surface area contributed by atoms with Crippen molar-refractivity contribution in [3.8, 4) is 0 Å². The third kappa shape index (κ3) is 1.69. The Balaban J connectivity index is 0.000000396. The second-order valence-electron chi connectivity index (χ2n) is 2.62. The predicted molar refractivity (Wildman–Crippen MR) is 49.9 cm³/mol. The van der Waals surface area contributed by atoms with Gasteiger partial charge < -0.3 is 0 Å². The van der Waals surface area contributed by atoms with Crippen LogP contribution in [0.15, 0.2) is 23.3 Å². The van der Waals surface area contributed by atoms with Crippen LogP contribution in [0, 0.1) is 0 Å². The van der Waals surface area contributed by atoms with E-state index in [1.54, 1.807) is 6.08 Å². The molecule has 2 amide bonds. The zero-order valence-electron chi connectivity index (χ0n) is 7.89. The molecule has 0 atom stereocenters. The maximum absolute atomic E-state index is 11.0. The highest BCUT2D eigenvalue weighted by molar-refractivity contribution is 6.20. The molecule has 2 rings (SSSR count). The molecular formula is C10H13NO2. The fourth-order valence-corrected chi connectivity index (χ4v) is 1.36. The van der Waals surface area contributed by atoms with Gasteiger partial charge in [0, 0.05) is 11.1 Å². The van der Waals surface area contributed by atoms with Crippen LogP contribution in [-0.2, 0) is 9.59 Å². The van der Waals surface area contributed by atoms with Crippen LogP contribution >= 0.6 is 0 Å². The molecule has 0 aromatic carbocycles. The van der Waals surface area contributed by atoms with E-state index >= 15 is 0 Å². The van der Waals surface area contributed by atoms with Crippen molar-refractivity contribution in [1.29, 1.82) is 0 Å². The summed E-state index contributed by atoms with van der Waals surface area (Å²) in [6.07, 6.45) is 5.19. The van der Waals surface area contributed by atoms with E-state index in [2.05, 4.69) is 5.32 Å². The zero-order chi connectivity index (χ0) is 9.84. The summed E-state index contributed by atoms with van der Waals surface area (Å²) < 4.78 is 0. The summed E-state index contributed by atoms with van der Waals surface area (Å²) in [6, 6.07) is 0. The third-order valence-electron chi connectivity index (χ3n) is 1.92. The molecule has 2 aliphatic rings. The van der Waals surface area contributed by atoms with Gasteiger partial charge in [-0.25, -0.2) is 0 Å². The molecular weight excluding hydrogens is 166 g/mol. The molecule has 0 radical (unpaired) electrons. The first-order valence-corrected chi connectivity index (χ1v) is 4.54. The molecule has 1 heterocycles. The van der Waals surface area contributed by atoms with E-state index in [1.807, 2.05) is 19.9 Å². The maximum Gasteiger partial charge on any atom is 0.258 e. The van der Waals surface area contributed by atoms with Crippen LogP contribution in [0.5, 0.6) is 0 Å². The summed E-state index contributed by atoms with van der Waals surface area (Å²) >= 11 is 0. The highest BCUT2D eigenvalue weighted by atomic mass is 16.2. The highest BCUT2D eigenvalue weighted by Crippen LogP contribution is 2.22. The molecule has 1 aliphatic heterocycles. The topological polar surface area (TPSA) is 46.2 Å². The van der Waals surface area contributed by atoms with E-state index in [0.717, 1.165) is 6.42 Å². The van der Waals surface area contributed by atoms with Crippen molar-refractivity contribution in [2.45, 2.75) is 26.7 Å². The van der Waals surface area contributed by atoms with Crippen molar-refractivity contribution in [3.05, 3.63) is 23.3 Å². The Morgan fingerprint density at radius 3 is 2.54 bits per heavy atom. The average Bonchev–Trinajstić information content (AvgIpc) is 2.47. The summed E-state index contributed by atoms with van der Waals surface area (Å²) in [5, 5.41) is 2.26. The number of hydrogen-bond acceptors (Lipinski definition) is 2. The molecule has 0 saturated carbocycles. The van der Waals surface area contributed by atoms with Crippen molar-refractivity contribution in [3.63, 3.8) is 0 Å². The Hall–Kier alpha value is -1.38. The van der Waals surface area contributed by atoms with Crippen LogP contribution in [-0.4, -0.2) is 11.8 Å².